The first kappa shape index (κ1) is 12.7. The van der Waals surface area contributed by atoms with E-state index in [1.54, 1.807) is 7.11 Å². The Morgan fingerprint density at radius 1 is 1.31 bits per heavy atom. The van der Waals surface area contributed by atoms with Gasteiger partial charge in [-0.05, 0) is 24.8 Å². The van der Waals surface area contributed by atoms with Gasteiger partial charge in [0.2, 0.25) is 0 Å². The molecule has 0 aliphatic heterocycles. The molecule has 0 amide bonds. The molecule has 3 nitrogen and oxygen atoms in total. The van der Waals surface area contributed by atoms with Gasteiger partial charge in [0, 0.05) is 30.1 Å². The molecule has 0 spiro atoms. The molecule has 3 N–H and O–H groups in total. The van der Waals surface area contributed by atoms with Gasteiger partial charge in [-0.3, -0.25) is 0 Å². The van der Waals surface area contributed by atoms with Crippen LogP contribution in [0.1, 0.15) is 26.7 Å². The summed E-state index contributed by atoms with van der Waals surface area (Å²) in [6, 6.07) is 5.71. The predicted octanol–water partition coefficient (Wildman–Crippen LogP) is 3.13. The zero-order valence-corrected chi connectivity index (χ0v) is 10.4. The second kappa shape index (κ2) is 6.26. The lowest BCUT2D eigenvalue weighted by Crippen LogP contribution is -2.03. The summed E-state index contributed by atoms with van der Waals surface area (Å²) in [5.74, 6) is 1.56. The van der Waals surface area contributed by atoms with Gasteiger partial charge in [0.05, 0.1) is 7.11 Å². The van der Waals surface area contributed by atoms with Crippen molar-refractivity contribution in [3.8, 4) is 5.75 Å². The van der Waals surface area contributed by atoms with Crippen molar-refractivity contribution in [1.82, 2.24) is 0 Å². The molecule has 0 aliphatic rings. The van der Waals surface area contributed by atoms with E-state index in [4.69, 9.17) is 10.5 Å². The van der Waals surface area contributed by atoms with E-state index in [1.807, 2.05) is 18.2 Å². The van der Waals surface area contributed by atoms with Crippen LogP contribution in [0.2, 0.25) is 0 Å². The fraction of sp³-hybridized carbons (Fsp3) is 0.538. The molecular weight excluding hydrogens is 200 g/mol. The Balaban J connectivity index is 2.44. The van der Waals surface area contributed by atoms with Crippen LogP contribution in [0.15, 0.2) is 18.2 Å². The standard InChI is InChI=1S/C13H22N2O/c1-10(2)5-4-6-15-12-7-11(14)8-13(9-12)16-3/h7-10,15H,4-6,14H2,1-3H3. The Morgan fingerprint density at radius 2 is 2.06 bits per heavy atom. The summed E-state index contributed by atoms with van der Waals surface area (Å²) >= 11 is 0. The number of benzene rings is 1. The van der Waals surface area contributed by atoms with Crippen LogP contribution >= 0.6 is 0 Å². The lowest BCUT2D eigenvalue weighted by molar-refractivity contribution is 0.415. The van der Waals surface area contributed by atoms with Gasteiger partial charge in [-0.25, -0.2) is 0 Å². The van der Waals surface area contributed by atoms with Gasteiger partial charge >= 0.3 is 0 Å². The van der Waals surface area contributed by atoms with E-state index in [0.29, 0.717) is 0 Å². The first-order chi connectivity index (χ1) is 7.61. The van der Waals surface area contributed by atoms with E-state index in [1.165, 1.54) is 12.8 Å². The number of anilines is 2. The van der Waals surface area contributed by atoms with Crippen LogP contribution in [0.3, 0.4) is 0 Å². The maximum Gasteiger partial charge on any atom is 0.122 e. The van der Waals surface area contributed by atoms with Crippen molar-refractivity contribution in [2.75, 3.05) is 24.7 Å². The average molecular weight is 222 g/mol. The first-order valence-electron chi connectivity index (χ1n) is 5.80. The van der Waals surface area contributed by atoms with Gasteiger partial charge in [0.15, 0.2) is 0 Å². The van der Waals surface area contributed by atoms with Crippen molar-refractivity contribution in [3.05, 3.63) is 18.2 Å². The van der Waals surface area contributed by atoms with E-state index in [9.17, 15) is 0 Å². The van der Waals surface area contributed by atoms with Gasteiger partial charge in [-0.15, -0.1) is 0 Å². The molecule has 3 heteroatoms. The third-order valence-corrected chi connectivity index (χ3v) is 2.45. The van der Waals surface area contributed by atoms with Crippen LogP contribution in [0, 0.1) is 5.92 Å². The number of rotatable bonds is 6. The molecular formula is C13H22N2O. The maximum absolute atomic E-state index is 5.77. The normalized spacial score (nSPS) is 10.5. The van der Waals surface area contributed by atoms with Crippen LogP contribution in [0.5, 0.6) is 5.75 Å². The van der Waals surface area contributed by atoms with Crippen molar-refractivity contribution in [2.24, 2.45) is 5.92 Å². The molecule has 0 radical (unpaired) electrons. The van der Waals surface area contributed by atoms with Crippen LogP contribution < -0.4 is 15.8 Å². The Labute approximate surface area is 98.0 Å². The maximum atomic E-state index is 5.77. The highest BCUT2D eigenvalue weighted by atomic mass is 16.5. The Bertz CT molecular complexity index is 324. The van der Waals surface area contributed by atoms with Crippen molar-refractivity contribution >= 4 is 11.4 Å². The van der Waals surface area contributed by atoms with Gasteiger partial charge in [0.1, 0.15) is 5.75 Å². The zero-order valence-electron chi connectivity index (χ0n) is 10.4. The minimum Gasteiger partial charge on any atom is -0.497 e. The van der Waals surface area contributed by atoms with E-state index < -0.39 is 0 Å². The second-order valence-corrected chi connectivity index (χ2v) is 4.46. The van der Waals surface area contributed by atoms with Crippen LogP contribution in [0.25, 0.3) is 0 Å². The smallest absolute Gasteiger partial charge is 0.122 e. The van der Waals surface area contributed by atoms with Crippen LogP contribution in [-0.4, -0.2) is 13.7 Å². The van der Waals surface area contributed by atoms with Crippen LogP contribution in [-0.2, 0) is 0 Å². The van der Waals surface area contributed by atoms with Crippen molar-refractivity contribution < 1.29 is 4.74 Å². The topological polar surface area (TPSA) is 47.3 Å². The molecule has 0 atom stereocenters. The SMILES string of the molecule is COc1cc(N)cc(NCCCC(C)C)c1. The Kier molecular flexibility index (Phi) is 4.96. The number of methoxy groups -OCH3 is 1. The summed E-state index contributed by atoms with van der Waals surface area (Å²) < 4.78 is 5.16. The van der Waals surface area contributed by atoms with Gasteiger partial charge in [0.25, 0.3) is 0 Å². The minimum absolute atomic E-state index is 0.728. The third-order valence-electron chi connectivity index (χ3n) is 2.45. The van der Waals surface area contributed by atoms with Crippen LogP contribution in [0.4, 0.5) is 11.4 Å². The molecule has 1 rings (SSSR count). The van der Waals surface area contributed by atoms with Gasteiger partial charge in [-0.2, -0.15) is 0 Å². The molecule has 0 fully saturated rings. The first-order valence-corrected chi connectivity index (χ1v) is 5.80. The number of hydrogen-bond acceptors (Lipinski definition) is 3. The molecule has 0 saturated carbocycles. The molecule has 16 heavy (non-hydrogen) atoms. The highest BCUT2D eigenvalue weighted by molar-refractivity contribution is 5.59. The lowest BCUT2D eigenvalue weighted by Gasteiger charge is -2.10. The number of ether oxygens (including phenoxy) is 1. The molecule has 90 valence electrons. The molecule has 0 bridgehead atoms. The fourth-order valence-electron chi connectivity index (χ4n) is 1.59. The van der Waals surface area contributed by atoms with Crippen molar-refractivity contribution in [3.63, 3.8) is 0 Å². The average Bonchev–Trinajstić information content (AvgIpc) is 2.23. The fourth-order valence-corrected chi connectivity index (χ4v) is 1.59. The molecule has 0 heterocycles. The number of nitrogens with two attached hydrogens (primary N) is 1. The third kappa shape index (κ3) is 4.43. The quantitative estimate of drug-likeness (QED) is 0.574. The number of hydrogen-bond donors (Lipinski definition) is 2. The molecule has 0 unspecified atom stereocenters. The Morgan fingerprint density at radius 3 is 2.69 bits per heavy atom. The molecule has 1 aromatic carbocycles. The number of nitrogens with one attached hydrogen (secondary N) is 1. The largest absolute Gasteiger partial charge is 0.497 e. The van der Waals surface area contributed by atoms with Gasteiger partial charge < -0.3 is 15.8 Å². The van der Waals surface area contributed by atoms with Crippen molar-refractivity contribution in [1.29, 1.82) is 0 Å². The second-order valence-electron chi connectivity index (χ2n) is 4.46. The summed E-state index contributed by atoms with van der Waals surface area (Å²) in [5, 5.41) is 3.36. The molecule has 1 aromatic rings. The minimum atomic E-state index is 0.728. The summed E-state index contributed by atoms with van der Waals surface area (Å²) in [6.07, 6.45) is 2.42. The van der Waals surface area contributed by atoms with Crippen molar-refractivity contribution in [2.45, 2.75) is 26.7 Å². The predicted molar refractivity (Wildman–Crippen MR) is 70.0 cm³/mol. The van der Waals surface area contributed by atoms with E-state index in [0.717, 1.165) is 29.6 Å². The van der Waals surface area contributed by atoms with Gasteiger partial charge in [-0.1, -0.05) is 13.8 Å². The van der Waals surface area contributed by atoms with E-state index in [-0.39, 0.29) is 0 Å². The summed E-state index contributed by atoms with van der Waals surface area (Å²) in [4.78, 5) is 0. The van der Waals surface area contributed by atoms with E-state index in [2.05, 4.69) is 19.2 Å². The molecule has 0 saturated heterocycles. The highest BCUT2D eigenvalue weighted by Crippen LogP contribution is 2.22. The summed E-state index contributed by atoms with van der Waals surface area (Å²) in [5.41, 5.74) is 7.52. The lowest BCUT2D eigenvalue weighted by atomic mass is 10.1. The molecule has 0 aromatic heterocycles. The van der Waals surface area contributed by atoms with E-state index >= 15 is 0 Å². The summed E-state index contributed by atoms with van der Waals surface area (Å²) in [6.45, 7) is 5.46. The number of nitrogen functional groups attached to an aromatic ring is 1. The Hall–Kier alpha value is -1.38. The zero-order chi connectivity index (χ0) is 12.0. The monoisotopic (exact) mass is 222 g/mol. The molecule has 0 aliphatic carbocycles. The summed E-state index contributed by atoms with van der Waals surface area (Å²) in [7, 11) is 1.65. The highest BCUT2D eigenvalue weighted by Gasteiger charge is 1.99.